The summed E-state index contributed by atoms with van der Waals surface area (Å²) in [5.41, 5.74) is 5.65. The second-order valence-corrected chi connectivity index (χ2v) is 4.48. The van der Waals surface area contributed by atoms with E-state index in [2.05, 4.69) is 12.2 Å². The highest BCUT2D eigenvalue weighted by Crippen LogP contribution is 2.23. The van der Waals surface area contributed by atoms with Crippen LogP contribution in [0.25, 0.3) is 0 Å². The van der Waals surface area contributed by atoms with Crippen LogP contribution in [0.2, 0.25) is 0 Å². The standard InChI is InChI=1S/C11H22N2O/c1-3-10(12)11(14)13-9-6-4-8(2)5-7-9/h8-10H,3-7,12H2,1-2H3,(H,13,14)/t8?,9?,10-/m0/s1. The third-order valence-corrected chi connectivity index (χ3v) is 3.14. The average Bonchev–Trinajstić information content (AvgIpc) is 2.20. The van der Waals surface area contributed by atoms with Gasteiger partial charge in [0.2, 0.25) is 5.91 Å². The molecule has 14 heavy (non-hydrogen) atoms. The Bertz CT molecular complexity index is 186. The van der Waals surface area contributed by atoms with E-state index in [4.69, 9.17) is 5.73 Å². The number of carbonyl (C=O) groups excluding carboxylic acids is 1. The molecule has 0 unspecified atom stereocenters. The first-order valence-corrected chi connectivity index (χ1v) is 5.69. The maximum Gasteiger partial charge on any atom is 0.237 e. The Labute approximate surface area is 86.4 Å². The number of hydrogen-bond donors (Lipinski definition) is 2. The maximum atomic E-state index is 11.5. The quantitative estimate of drug-likeness (QED) is 0.720. The number of hydrogen-bond acceptors (Lipinski definition) is 2. The predicted octanol–water partition coefficient (Wildman–Crippen LogP) is 1.42. The number of nitrogens with one attached hydrogen (secondary N) is 1. The Morgan fingerprint density at radius 2 is 2.00 bits per heavy atom. The molecule has 3 nitrogen and oxygen atoms in total. The first-order valence-electron chi connectivity index (χ1n) is 5.69. The predicted molar refractivity (Wildman–Crippen MR) is 57.8 cm³/mol. The SMILES string of the molecule is CC[C@H](N)C(=O)NC1CCC(C)CC1. The van der Waals surface area contributed by atoms with E-state index in [1.54, 1.807) is 0 Å². The normalized spacial score (nSPS) is 29.6. The molecule has 0 heterocycles. The fraction of sp³-hybridized carbons (Fsp3) is 0.909. The van der Waals surface area contributed by atoms with Crippen molar-refractivity contribution in [2.45, 2.75) is 58.0 Å². The fourth-order valence-electron chi connectivity index (χ4n) is 1.90. The molecule has 0 spiro atoms. The zero-order chi connectivity index (χ0) is 10.6. The molecule has 1 rings (SSSR count). The van der Waals surface area contributed by atoms with Gasteiger partial charge in [-0.15, -0.1) is 0 Å². The van der Waals surface area contributed by atoms with Crippen molar-refractivity contribution in [3.8, 4) is 0 Å². The van der Waals surface area contributed by atoms with Crippen LogP contribution in [-0.2, 0) is 4.79 Å². The minimum atomic E-state index is -0.325. The van der Waals surface area contributed by atoms with Gasteiger partial charge in [0.05, 0.1) is 6.04 Å². The molecule has 0 radical (unpaired) electrons. The third-order valence-electron chi connectivity index (χ3n) is 3.14. The highest BCUT2D eigenvalue weighted by Gasteiger charge is 2.21. The molecule has 0 aromatic rings. The second-order valence-electron chi connectivity index (χ2n) is 4.48. The summed E-state index contributed by atoms with van der Waals surface area (Å²) < 4.78 is 0. The maximum absolute atomic E-state index is 11.5. The van der Waals surface area contributed by atoms with E-state index in [1.807, 2.05) is 6.92 Å². The van der Waals surface area contributed by atoms with E-state index in [0.29, 0.717) is 6.04 Å². The van der Waals surface area contributed by atoms with Crippen molar-refractivity contribution in [1.29, 1.82) is 0 Å². The zero-order valence-electron chi connectivity index (χ0n) is 9.25. The van der Waals surface area contributed by atoms with E-state index >= 15 is 0 Å². The van der Waals surface area contributed by atoms with Gasteiger partial charge in [0.1, 0.15) is 0 Å². The van der Waals surface area contributed by atoms with Crippen molar-refractivity contribution in [3.63, 3.8) is 0 Å². The summed E-state index contributed by atoms with van der Waals surface area (Å²) in [5.74, 6) is 0.843. The molecule has 0 saturated heterocycles. The van der Waals surface area contributed by atoms with Crippen molar-refractivity contribution < 1.29 is 4.79 Å². The molecule has 82 valence electrons. The van der Waals surface area contributed by atoms with Crippen LogP contribution in [0.4, 0.5) is 0 Å². The van der Waals surface area contributed by atoms with Gasteiger partial charge in [-0.05, 0) is 38.0 Å². The average molecular weight is 198 g/mol. The monoisotopic (exact) mass is 198 g/mol. The molecule has 0 bridgehead atoms. The van der Waals surface area contributed by atoms with E-state index in [0.717, 1.165) is 25.2 Å². The number of amides is 1. The molecule has 0 aromatic carbocycles. The molecule has 3 heteroatoms. The molecule has 1 aliphatic rings. The molecular formula is C11H22N2O. The molecule has 3 N–H and O–H groups in total. The van der Waals surface area contributed by atoms with Crippen molar-refractivity contribution in [1.82, 2.24) is 5.32 Å². The van der Waals surface area contributed by atoms with Crippen LogP contribution in [-0.4, -0.2) is 18.0 Å². The summed E-state index contributed by atoms with van der Waals surface area (Å²) in [5, 5.41) is 3.03. The summed E-state index contributed by atoms with van der Waals surface area (Å²) >= 11 is 0. The lowest BCUT2D eigenvalue weighted by Gasteiger charge is -2.27. The molecule has 1 saturated carbocycles. The van der Waals surface area contributed by atoms with Crippen molar-refractivity contribution in [2.24, 2.45) is 11.7 Å². The van der Waals surface area contributed by atoms with Crippen molar-refractivity contribution >= 4 is 5.91 Å². The van der Waals surface area contributed by atoms with Gasteiger partial charge >= 0.3 is 0 Å². The van der Waals surface area contributed by atoms with Gasteiger partial charge in [0, 0.05) is 6.04 Å². The zero-order valence-corrected chi connectivity index (χ0v) is 9.25. The van der Waals surface area contributed by atoms with Crippen molar-refractivity contribution in [2.75, 3.05) is 0 Å². The summed E-state index contributed by atoms with van der Waals surface area (Å²) in [7, 11) is 0. The molecule has 1 fully saturated rings. The summed E-state index contributed by atoms with van der Waals surface area (Å²) in [6.45, 7) is 4.21. The molecule has 0 aliphatic heterocycles. The van der Waals surface area contributed by atoms with Crippen LogP contribution in [0.1, 0.15) is 46.0 Å². The van der Waals surface area contributed by atoms with Gasteiger partial charge in [0.15, 0.2) is 0 Å². The highest BCUT2D eigenvalue weighted by molar-refractivity contribution is 5.81. The topological polar surface area (TPSA) is 55.1 Å². The summed E-state index contributed by atoms with van der Waals surface area (Å²) in [4.78, 5) is 11.5. The van der Waals surface area contributed by atoms with Gasteiger partial charge in [-0.1, -0.05) is 13.8 Å². The molecular weight excluding hydrogens is 176 g/mol. The first kappa shape index (κ1) is 11.5. The van der Waals surface area contributed by atoms with Crippen LogP contribution in [0.15, 0.2) is 0 Å². The fourth-order valence-corrected chi connectivity index (χ4v) is 1.90. The number of rotatable bonds is 3. The summed E-state index contributed by atoms with van der Waals surface area (Å²) in [6, 6.07) is 0.0469. The Morgan fingerprint density at radius 3 is 2.50 bits per heavy atom. The minimum Gasteiger partial charge on any atom is -0.352 e. The lowest BCUT2D eigenvalue weighted by molar-refractivity contribution is -0.123. The number of carbonyl (C=O) groups is 1. The molecule has 1 atom stereocenters. The molecule has 1 aliphatic carbocycles. The van der Waals surface area contributed by atoms with E-state index < -0.39 is 0 Å². The van der Waals surface area contributed by atoms with Gasteiger partial charge in [-0.2, -0.15) is 0 Å². The Hall–Kier alpha value is -0.570. The Morgan fingerprint density at radius 1 is 1.43 bits per heavy atom. The van der Waals surface area contributed by atoms with Gasteiger partial charge in [-0.25, -0.2) is 0 Å². The smallest absolute Gasteiger partial charge is 0.237 e. The summed E-state index contributed by atoms with van der Waals surface area (Å²) in [6.07, 6.45) is 5.40. The van der Waals surface area contributed by atoms with Crippen LogP contribution in [0.3, 0.4) is 0 Å². The van der Waals surface area contributed by atoms with Crippen molar-refractivity contribution in [3.05, 3.63) is 0 Å². The van der Waals surface area contributed by atoms with E-state index in [1.165, 1.54) is 12.8 Å². The van der Waals surface area contributed by atoms with Gasteiger partial charge in [0.25, 0.3) is 0 Å². The van der Waals surface area contributed by atoms with E-state index in [9.17, 15) is 4.79 Å². The van der Waals surface area contributed by atoms with Crippen LogP contribution >= 0.6 is 0 Å². The lowest BCUT2D eigenvalue weighted by Crippen LogP contribution is -2.46. The molecule has 0 aromatic heterocycles. The Balaban J connectivity index is 2.27. The Kier molecular flexibility index (Phi) is 4.39. The van der Waals surface area contributed by atoms with E-state index in [-0.39, 0.29) is 11.9 Å². The molecule has 1 amide bonds. The largest absolute Gasteiger partial charge is 0.352 e. The lowest BCUT2D eigenvalue weighted by atomic mass is 9.87. The second kappa shape index (κ2) is 5.35. The number of nitrogens with two attached hydrogens (primary N) is 1. The highest BCUT2D eigenvalue weighted by atomic mass is 16.2. The van der Waals surface area contributed by atoms with Crippen LogP contribution in [0, 0.1) is 5.92 Å². The van der Waals surface area contributed by atoms with Crippen LogP contribution in [0.5, 0.6) is 0 Å². The van der Waals surface area contributed by atoms with Gasteiger partial charge < -0.3 is 11.1 Å². The van der Waals surface area contributed by atoms with Crippen LogP contribution < -0.4 is 11.1 Å². The first-order chi connectivity index (χ1) is 6.63. The third kappa shape index (κ3) is 3.29. The minimum absolute atomic E-state index is 0.0204. The van der Waals surface area contributed by atoms with Gasteiger partial charge in [-0.3, -0.25) is 4.79 Å².